The van der Waals surface area contributed by atoms with E-state index in [9.17, 15) is 22.8 Å². The maximum Gasteiger partial charge on any atom is 0.416 e. The molecule has 0 unspecified atom stereocenters. The number of benzene rings is 3. The normalized spacial score (nSPS) is 11.0. The van der Waals surface area contributed by atoms with E-state index in [-0.39, 0.29) is 11.6 Å². The Morgan fingerprint density at radius 1 is 0.875 bits per heavy atom. The Kier molecular flexibility index (Phi) is 7.14. The molecule has 0 aromatic heterocycles. The van der Waals surface area contributed by atoms with Gasteiger partial charge in [-0.25, -0.2) is 0 Å². The molecule has 0 atom stereocenters. The van der Waals surface area contributed by atoms with Crippen molar-refractivity contribution in [2.24, 2.45) is 0 Å². The summed E-state index contributed by atoms with van der Waals surface area (Å²) in [7, 11) is 0. The van der Waals surface area contributed by atoms with E-state index in [0.717, 1.165) is 24.1 Å². The van der Waals surface area contributed by atoms with Crippen LogP contribution in [0.15, 0.2) is 72.8 Å². The van der Waals surface area contributed by atoms with Gasteiger partial charge in [0.25, 0.3) is 11.8 Å². The molecule has 0 bridgehead atoms. The second-order valence-electron chi connectivity index (χ2n) is 6.95. The Hall–Kier alpha value is -3.81. The van der Waals surface area contributed by atoms with Crippen molar-refractivity contribution in [2.45, 2.75) is 19.5 Å². The summed E-state index contributed by atoms with van der Waals surface area (Å²) in [6.07, 6.45) is -3.64. The van der Waals surface area contributed by atoms with Crippen molar-refractivity contribution in [1.29, 1.82) is 0 Å². The van der Waals surface area contributed by atoms with Gasteiger partial charge in [-0.3, -0.25) is 9.59 Å². The van der Waals surface area contributed by atoms with Crippen LogP contribution >= 0.6 is 0 Å². The molecule has 0 spiro atoms. The summed E-state index contributed by atoms with van der Waals surface area (Å²) < 4.78 is 43.6. The number of amides is 2. The predicted octanol–water partition coefficient (Wildman–Crippen LogP) is 5.54. The summed E-state index contributed by atoms with van der Waals surface area (Å²) in [5, 5.41) is 5.18. The van der Waals surface area contributed by atoms with Crippen molar-refractivity contribution < 1.29 is 27.5 Å². The number of ether oxygens (including phenoxy) is 1. The lowest BCUT2D eigenvalue weighted by atomic mass is 10.1. The first-order chi connectivity index (χ1) is 15.2. The highest BCUT2D eigenvalue weighted by Gasteiger charge is 2.30. The maximum absolute atomic E-state index is 12.8. The van der Waals surface area contributed by atoms with Crippen LogP contribution in [-0.4, -0.2) is 18.4 Å². The average Bonchev–Trinajstić information content (AvgIpc) is 2.78. The fourth-order valence-electron chi connectivity index (χ4n) is 2.89. The highest BCUT2D eigenvalue weighted by molar-refractivity contribution is 6.04. The highest BCUT2D eigenvalue weighted by atomic mass is 19.4. The van der Waals surface area contributed by atoms with Crippen LogP contribution in [-0.2, 0) is 17.4 Å². The molecule has 2 amide bonds. The van der Waals surface area contributed by atoms with E-state index in [0.29, 0.717) is 17.0 Å². The molecule has 0 aliphatic rings. The molecular weight excluding hydrogens is 421 g/mol. The molecule has 5 nitrogen and oxygen atoms in total. The van der Waals surface area contributed by atoms with Crippen LogP contribution in [0.25, 0.3) is 0 Å². The lowest BCUT2D eigenvalue weighted by Crippen LogP contribution is -2.20. The minimum atomic E-state index is -4.50. The molecule has 166 valence electrons. The Bertz CT molecular complexity index is 1100. The van der Waals surface area contributed by atoms with E-state index < -0.39 is 24.3 Å². The fourth-order valence-corrected chi connectivity index (χ4v) is 2.89. The zero-order valence-electron chi connectivity index (χ0n) is 17.2. The molecule has 0 saturated carbocycles. The number of carbonyl (C=O) groups excluding carboxylic acids is 2. The van der Waals surface area contributed by atoms with Crippen LogP contribution in [0.2, 0.25) is 0 Å². The van der Waals surface area contributed by atoms with Crippen molar-refractivity contribution in [2.75, 3.05) is 17.2 Å². The van der Waals surface area contributed by atoms with Crippen molar-refractivity contribution >= 4 is 23.2 Å². The molecular formula is C24H21F3N2O3. The van der Waals surface area contributed by atoms with Crippen molar-refractivity contribution in [3.63, 3.8) is 0 Å². The first kappa shape index (κ1) is 22.9. The highest BCUT2D eigenvalue weighted by Crippen LogP contribution is 2.30. The van der Waals surface area contributed by atoms with Gasteiger partial charge in [-0.2, -0.15) is 13.2 Å². The van der Waals surface area contributed by atoms with Gasteiger partial charge in [0.15, 0.2) is 6.61 Å². The molecule has 32 heavy (non-hydrogen) atoms. The topological polar surface area (TPSA) is 67.4 Å². The number of anilines is 2. The SMILES string of the molecule is CCc1cccc(NC(=O)c2ccc(OCC(=O)Nc3cccc(C(F)(F)F)c3)cc2)c1. The summed E-state index contributed by atoms with van der Waals surface area (Å²) in [4.78, 5) is 24.4. The van der Waals surface area contributed by atoms with Gasteiger partial charge in [0.05, 0.1) is 5.56 Å². The average molecular weight is 442 g/mol. The minimum absolute atomic E-state index is 0.0209. The van der Waals surface area contributed by atoms with E-state index in [4.69, 9.17) is 4.74 Å². The van der Waals surface area contributed by atoms with Gasteiger partial charge in [0.1, 0.15) is 5.75 Å². The van der Waals surface area contributed by atoms with Crippen LogP contribution in [0.3, 0.4) is 0 Å². The minimum Gasteiger partial charge on any atom is -0.484 e. The molecule has 0 saturated heterocycles. The number of alkyl halides is 3. The van der Waals surface area contributed by atoms with Gasteiger partial charge in [-0.15, -0.1) is 0 Å². The van der Waals surface area contributed by atoms with Gasteiger partial charge in [-0.05, 0) is 66.6 Å². The summed E-state index contributed by atoms with van der Waals surface area (Å²) in [5.74, 6) is -0.553. The molecule has 8 heteroatoms. The molecule has 3 rings (SSSR count). The number of nitrogens with one attached hydrogen (secondary N) is 2. The van der Waals surface area contributed by atoms with Crippen LogP contribution < -0.4 is 15.4 Å². The van der Waals surface area contributed by atoms with Gasteiger partial charge >= 0.3 is 6.18 Å². The van der Waals surface area contributed by atoms with Crippen molar-refractivity contribution in [3.05, 3.63) is 89.5 Å². The third-order valence-corrected chi connectivity index (χ3v) is 4.55. The first-order valence-corrected chi connectivity index (χ1v) is 9.85. The number of aryl methyl sites for hydroxylation is 1. The molecule has 0 aliphatic heterocycles. The Morgan fingerprint density at radius 2 is 1.53 bits per heavy atom. The maximum atomic E-state index is 12.8. The molecule has 3 aromatic rings. The number of hydrogen-bond acceptors (Lipinski definition) is 3. The first-order valence-electron chi connectivity index (χ1n) is 9.85. The fraction of sp³-hybridized carbons (Fsp3) is 0.167. The lowest BCUT2D eigenvalue weighted by Gasteiger charge is -2.11. The zero-order chi connectivity index (χ0) is 23.1. The molecule has 0 heterocycles. The Labute approximate surface area is 183 Å². The molecule has 0 aliphatic carbocycles. The molecule has 0 fully saturated rings. The summed E-state index contributed by atoms with van der Waals surface area (Å²) in [6.45, 7) is 1.63. The number of carbonyl (C=O) groups is 2. The molecule has 0 radical (unpaired) electrons. The number of hydrogen-bond donors (Lipinski definition) is 2. The van der Waals surface area contributed by atoms with E-state index >= 15 is 0 Å². The smallest absolute Gasteiger partial charge is 0.416 e. The quantitative estimate of drug-likeness (QED) is 0.505. The largest absolute Gasteiger partial charge is 0.484 e. The second-order valence-corrected chi connectivity index (χ2v) is 6.95. The Balaban J connectivity index is 1.53. The van der Waals surface area contributed by atoms with E-state index in [1.54, 1.807) is 18.2 Å². The molecule has 3 aromatic carbocycles. The van der Waals surface area contributed by atoms with Gasteiger partial charge in [0.2, 0.25) is 0 Å². The van der Waals surface area contributed by atoms with E-state index in [1.807, 2.05) is 25.1 Å². The zero-order valence-corrected chi connectivity index (χ0v) is 17.2. The van der Waals surface area contributed by atoms with E-state index in [2.05, 4.69) is 10.6 Å². The van der Waals surface area contributed by atoms with E-state index in [1.165, 1.54) is 24.3 Å². The monoisotopic (exact) mass is 442 g/mol. The van der Waals surface area contributed by atoms with Gasteiger partial charge in [0, 0.05) is 16.9 Å². The Morgan fingerprint density at radius 3 is 2.19 bits per heavy atom. The van der Waals surface area contributed by atoms with Crippen molar-refractivity contribution in [3.8, 4) is 5.75 Å². The molecule has 2 N–H and O–H groups in total. The summed E-state index contributed by atoms with van der Waals surface area (Å²) in [5.41, 5.74) is 1.38. The van der Waals surface area contributed by atoms with Crippen LogP contribution in [0, 0.1) is 0 Å². The van der Waals surface area contributed by atoms with Gasteiger partial charge in [-0.1, -0.05) is 25.1 Å². The number of halogens is 3. The standard InChI is InChI=1S/C24H21F3N2O3/c1-2-16-5-3-7-19(13-16)29-23(31)17-9-11-21(12-10-17)32-15-22(30)28-20-8-4-6-18(14-20)24(25,26)27/h3-14H,2,15H2,1H3,(H,28,30)(H,29,31). The van der Waals surface area contributed by atoms with Crippen molar-refractivity contribution in [1.82, 2.24) is 0 Å². The third-order valence-electron chi connectivity index (χ3n) is 4.55. The summed E-state index contributed by atoms with van der Waals surface area (Å²) in [6, 6.07) is 18.1. The van der Waals surface area contributed by atoms with Gasteiger partial charge < -0.3 is 15.4 Å². The lowest BCUT2D eigenvalue weighted by molar-refractivity contribution is -0.137. The van der Waals surface area contributed by atoms with Crippen LogP contribution in [0.5, 0.6) is 5.75 Å². The second kappa shape index (κ2) is 10.00. The third kappa shape index (κ3) is 6.34. The predicted molar refractivity (Wildman–Crippen MR) is 116 cm³/mol. The summed E-state index contributed by atoms with van der Waals surface area (Å²) >= 11 is 0. The number of rotatable bonds is 7. The van der Waals surface area contributed by atoms with Crippen LogP contribution in [0.4, 0.5) is 24.5 Å². The van der Waals surface area contributed by atoms with Crippen LogP contribution in [0.1, 0.15) is 28.4 Å².